The maximum atomic E-state index is 11.9. The minimum absolute atomic E-state index is 0.00757. The first-order valence-electron chi connectivity index (χ1n) is 6.18. The highest BCUT2D eigenvalue weighted by Crippen LogP contribution is 2.25. The average molecular weight is 336 g/mol. The lowest BCUT2D eigenvalue weighted by molar-refractivity contribution is -0.384. The Balaban J connectivity index is 2.12. The van der Waals surface area contributed by atoms with Crippen LogP contribution in [0.1, 0.15) is 15.9 Å². The van der Waals surface area contributed by atoms with E-state index in [9.17, 15) is 20.0 Å². The van der Waals surface area contributed by atoms with E-state index in [1.807, 2.05) is 0 Å². The van der Waals surface area contributed by atoms with Gasteiger partial charge < -0.3 is 10.2 Å². The minimum atomic E-state index is -0.698. The molecule has 0 aromatic heterocycles. The van der Waals surface area contributed by atoms with Crippen molar-refractivity contribution in [2.24, 2.45) is 5.10 Å². The highest BCUT2D eigenvalue weighted by atomic mass is 35.5. The van der Waals surface area contributed by atoms with Crippen molar-refractivity contribution < 1.29 is 19.9 Å². The summed E-state index contributed by atoms with van der Waals surface area (Å²) in [6, 6.07) is 7.44. The van der Waals surface area contributed by atoms with Gasteiger partial charge in [-0.25, -0.2) is 5.43 Å². The van der Waals surface area contributed by atoms with Crippen molar-refractivity contribution in [1.29, 1.82) is 0 Å². The van der Waals surface area contributed by atoms with Gasteiger partial charge in [0, 0.05) is 23.3 Å². The van der Waals surface area contributed by atoms with Crippen LogP contribution < -0.4 is 5.43 Å². The Morgan fingerprint density at radius 1 is 1.26 bits per heavy atom. The number of nitrogens with one attached hydrogen (secondary N) is 1. The van der Waals surface area contributed by atoms with Gasteiger partial charge in [-0.05, 0) is 24.3 Å². The molecule has 2 rings (SSSR count). The number of nitro groups is 1. The molecule has 2 aromatic rings. The topological polar surface area (TPSA) is 125 Å². The third-order valence-corrected chi connectivity index (χ3v) is 3.11. The van der Waals surface area contributed by atoms with Gasteiger partial charge in [-0.2, -0.15) is 5.10 Å². The number of halogens is 1. The molecule has 118 valence electrons. The van der Waals surface area contributed by atoms with Crippen LogP contribution in [0, 0.1) is 10.1 Å². The number of phenolic OH excluding ortho intramolecular Hbond substituents is 2. The van der Waals surface area contributed by atoms with Crippen molar-refractivity contribution in [2.75, 3.05) is 0 Å². The summed E-state index contributed by atoms with van der Waals surface area (Å²) in [5.74, 6) is -1.01. The van der Waals surface area contributed by atoms with E-state index in [0.717, 1.165) is 18.3 Å². The molecule has 0 heterocycles. The van der Waals surface area contributed by atoms with Crippen LogP contribution >= 0.6 is 11.6 Å². The molecule has 23 heavy (non-hydrogen) atoms. The fourth-order valence-corrected chi connectivity index (χ4v) is 1.85. The highest BCUT2D eigenvalue weighted by molar-refractivity contribution is 6.32. The first-order valence-corrected chi connectivity index (χ1v) is 6.55. The number of nitro benzene ring substituents is 1. The summed E-state index contributed by atoms with van der Waals surface area (Å²) >= 11 is 5.66. The van der Waals surface area contributed by atoms with E-state index in [4.69, 9.17) is 16.7 Å². The van der Waals surface area contributed by atoms with Gasteiger partial charge in [-0.3, -0.25) is 14.9 Å². The molecular weight excluding hydrogens is 326 g/mol. The molecule has 8 nitrogen and oxygen atoms in total. The van der Waals surface area contributed by atoms with E-state index in [0.29, 0.717) is 0 Å². The lowest BCUT2D eigenvalue weighted by Gasteiger charge is -2.02. The second-order valence-corrected chi connectivity index (χ2v) is 4.77. The maximum absolute atomic E-state index is 11.9. The van der Waals surface area contributed by atoms with Gasteiger partial charge >= 0.3 is 0 Å². The van der Waals surface area contributed by atoms with E-state index >= 15 is 0 Å². The molecule has 0 saturated heterocycles. The van der Waals surface area contributed by atoms with Crippen LogP contribution in [0.2, 0.25) is 5.02 Å². The number of carbonyl (C=O) groups is 1. The smallest absolute Gasteiger partial charge is 0.288 e. The summed E-state index contributed by atoms with van der Waals surface area (Å²) < 4.78 is 0. The number of hydrogen-bond acceptors (Lipinski definition) is 6. The summed E-state index contributed by atoms with van der Waals surface area (Å²) in [6.45, 7) is 0. The number of amides is 1. The second kappa shape index (κ2) is 6.75. The predicted molar refractivity (Wildman–Crippen MR) is 82.9 cm³/mol. The first kappa shape index (κ1) is 16.2. The quantitative estimate of drug-likeness (QED) is 0.449. The van der Waals surface area contributed by atoms with Gasteiger partial charge in [0.15, 0.2) is 0 Å². The van der Waals surface area contributed by atoms with E-state index in [1.54, 1.807) is 0 Å². The molecule has 0 aliphatic rings. The Hall–Kier alpha value is -3.13. The number of aromatic hydroxyl groups is 2. The molecule has 0 atom stereocenters. The molecule has 0 spiro atoms. The lowest BCUT2D eigenvalue weighted by Crippen LogP contribution is -2.17. The molecule has 2 aromatic carbocycles. The number of rotatable bonds is 4. The number of phenols is 2. The minimum Gasteiger partial charge on any atom is -0.508 e. The Morgan fingerprint density at radius 2 is 2.00 bits per heavy atom. The zero-order valence-electron chi connectivity index (χ0n) is 11.4. The third-order valence-electron chi connectivity index (χ3n) is 2.79. The predicted octanol–water partition coefficient (Wildman–Crippen LogP) is 2.42. The molecule has 0 bridgehead atoms. The number of hydrogen-bond donors (Lipinski definition) is 3. The van der Waals surface area contributed by atoms with Gasteiger partial charge in [0.2, 0.25) is 0 Å². The van der Waals surface area contributed by atoms with Crippen molar-refractivity contribution in [1.82, 2.24) is 5.43 Å². The van der Waals surface area contributed by atoms with Crippen LogP contribution in [-0.2, 0) is 0 Å². The summed E-state index contributed by atoms with van der Waals surface area (Å²) in [5, 5.41) is 33.0. The van der Waals surface area contributed by atoms with E-state index < -0.39 is 10.8 Å². The molecular formula is C14H10ClN3O5. The number of nitrogens with zero attached hydrogens (tertiary/aromatic N) is 2. The fourth-order valence-electron chi connectivity index (χ4n) is 1.66. The molecule has 0 aliphatic carbocycles. The Labute approximate surface area is 134 Å². The largest absolute Gasteiger partial charge is 0.508 e. The molecule has 0 aliphatic heterocycles. The van der Waals surface area contributed by atoms with Crippen molar-refractivity contribution in [2.45, 2.75) is 0 Å². The molecule has 0 fully saturated rings. The van der Waals surface area contributed by atoms with Crippen LogP contribution in [0.5, 0.6) is 11.5 Å². The van der Waals surface area contributed by atoms with Gasteiger partial charge in [0.1, 0.15) is 16.5 Å². The molecule has 3 N–H and O–H groups in total. The lowest BCUT2D eigenvalue weighted by atomic mass is 10.2. The van der Waals surface area contributed by atoms with Crippen LogP contribution in [0.4, 0.5) is 5.69 Å². The molecule has 9 heteroatoms. The highest BCUT2D eigenvalue weighted by Gasteiger charge is 2.15. The first-order chi connectivity index (χ1) is 10.9. The van der Waals surface area contributed by atoms with Gasteiger partial charge in [0.05, 0.1) is 11.1 Å². The van der Waals surface area contributed by atoms with Crippen LogP contribution in [-0.4, -0.2) is 27.3 Å². The average Bonchev–Trinajstić information content (AvgIpc) is 2.49. The third kappa shape index (κ3) is 3.95. The maximum Gasteiger partial charge on any atom is 0.288 e. The summed E-state index contributed by atoms with van der Waals surface area (Å²) in [5.41, 5.74) is 2.05. The van der Waals surface area contributed by atoms with Gasteiger partial charge in [-0.1, -0.05) is 11.6 Å². The van der Waals surface area contributed by atoms with E-state index in [1.165, 1.54) is 24.3 Å². The Bertz CT molecular complexity index is 807. The molecule has 0 radical (unpaired) electrons. The zero-order chi connectivity index (χ0) is 17.0. The summed E-state index contributed by atoms with van der Waals surface area (Å²) in [6.07, 6.45) is 1.16. The van der Waals surface area contributed by atoms with Gasteiger partial charge in [0.25, 0.3) is 11.6 Å². The summed E-state index contributed by atoms with van der Waals surface area (Å²) in [4.78, 5) is 21.9. The van der Waals surface area contributed by atoms with E-state index in [2.05, 4.69) is 10.5 Å². The van der Waals surface area contributed by atoms with Crippen molar-refractivity contribution in [3.63, 3.8) is 0 Å². The molecule has 0 unspecified atom stereocenters. The fraction of sp³-hybridized carbons (Fsp3) is 0. The van der Waals surface area contributed by atoms with Crippen molar-refractivity contribution >= 4 is 29.4 Å². The van der Waals surface area contributed by atoms with Crippen LogP contribution in [0.25, 0.3) is 0 Å². The van der Waals surface area contributed by atoms with Crippen molar-refractivity contribution in [3.05, 3.63) is 62.7 Å². The Morgan fingerprint density at radius 3 is 2.65 bits per heavy atom. The molecule has 1 amide bonds. The Kier molecular flexibility index (Phi) is 4.77. The number of carbonyl (C=O) groups excluding carboxylic acids is 1. The van der Waals surface area contributed by atoms with Crippen LogP contribution in [0.3, 0.4) is 0 Å². The number of hydrazone groups is 1. The normalized spacial score (nSPS) is 10.7. The van der Waals surface area contributed by atoms with Crippen LogP contribution in [0.15, 0.2) is 41.5 Å². The zero-order valence-corrected chi connectivity index (χ0v) is 12.2. The second-order valence-electron chi connectivity index (χ2n) is 4.37. The molecule has 0 saturated carbocycles. The standard InChI is InChI=1S/C14H10ClN3O5/c15-11-4-2-8(5-12(11)18(22)23)14(21)17-16-7-9-1-3-10(19)6-13(9)20/h1-7,19-20H,(H,17,21)/b16-7+. The van der Waals surface area contributed by atoms with E-state index in [-0.39, 0.29) is 33.3 Å². The van der Waals surface area contributed by atoms with Gasteiger partial charge in [-0.15, -0.1) is 0 Å². The summed E-state index contributed by atoms with van der Waals surface area (Å²) in [7, 11) is 0. The number of benzene rings is 2. The monoisotopic (exact) mass is 335 g/mol. The SMILES string of the molecule is O=C(N/N=C/c1ccc(O)cc1O)c1ccc(Cl)c([N+](=O)[O-])c1. The van der Waals surface area contributed by atoms with Crippen molar-refractivity contribution in [3.8, 4) is 11.5 Å².